The molecule has 21 heavy (non-hydrogen) atoms. The molecule has 0 fully saturated rings. The molecule has 0 aliphatic heterocycles. The standard InChI is InChI=1S/C18H24N2O/c1-5-8-19-15(4)18-7-6-16(12-20-18)21-17-10-13(2)9-14(3)11-17/h6-7,9-12,15,19H,5,8H2,1-4H3. The summed E-state index contributed by atoms with van der Waals surface area (Å²) >= 11 is 0. The molecule has 3 nitrogen and oxygen atoms in total. The first-order chi connectivity index (χ1) is 10.1. The molecule has 1 aromatic carbocycles. The largest absolute Gasteiger partial charge is 0.456 e. The number of nitrogens with zero attached hydrogens (tertiary/aromatic N) is 1. The summed E-state index contributed by atoms with van der Waals surface area (Å²) in [6.07, 6.45) is 2.91. The van der Waals surface area contributed by atoms with Gasteiger partial charge in [0, 0.05) is 6.04 Å². The highest BCUT2D eigenvalue weighted by molar-refractivity contribution is 5.36. The Kier molecular flexibility index (Phi) is 5.34. The zero-order valence-electron chi connectivity index (χ0n) is 13.3. The fraction of sp³-hybridized carbons (Fsp3) is 0.389. The number of ether oxygens (including phenoxy) is 1. The third-order valence-corrected chi connectivity index (χ3v) is 3.33. The van der Waals surface area contributed by atoms with Gasteiger partial charge >= 0.3 is 0 Å². The second-order valence-corrected chi connectivity index (χ2v) is 5.52. The van der Waals surface area contributed by atoms with Crippen LogP contribution in [0.3, 0.4) is 0 Å². The van der Waals surface area contributed by atoms with Crippen LogP contribution in [-0.4, -0.2) is 11.5 Å². The van der Waals surface area contributed by atoms with Gasteiger partial charge in [-0.2, -0.15) is 0 Å². The van der Waals surface area contributed by atoms with Crippen molar-refractivity contribution in [3.8, 4) is 11.5 Å². The summed E-state index contributed by atoms with van der Waals surface area (Å²) in [4.78, 5) is 4.49. The van der Waals surface area contributed by atoms with Gasteiger partial charge in [-0.1, -0.05) is 13.0 Å². The average molecular weight is 284 g/mol. The zero-order chi connectivity index (χ0) is 15.2. The zero-order valence-corrected chi connectivity index (χ0v) is 13.3. The summed E-state index contributed by atoms with van der Waals surface area (Å²) in [5, 5.41) is 3.43. The van der Waals surface area contributed by atoms with E-state index >= 15 is 0 Å². The SMILES string of the molecule is CCCNC(C)c1ccc(Oc2cc(C)cc(C)c2)cn1. The molecule has 2 aromatic rings. The Morgan fingerprint density at radius 1 is 1.10 bits per heavy atom. The van der Waals surface area contributed by atoms with Gasteiger partial charge in [-0.3, -0.25) is 4.98 Å². The van der Waals surface area contributed by atoms with Crippen LogP contribution in [0.1, 0.15) is 43.1 Å². The molecule has 0 amide bonds. The van der Waals surface area contributed by atoms with Gasteiger partial charge in [0.1, 0.15) is 11.5 Å². The number of rotatable bonds is 6. The van der Waals surface area contributed by atoms with Gasteiger partial charge < -0.3 is 10.1 Å². The quantitative estimate of drug-likeness (QED) is 0.845. The lowest BCUT2D eigenvalue weighted by Gasteiger charge is -2.13. The fourth-order valence-corrected chi connectivity index (χ4v) is 2.30. The van der Waals surface area contributed by atoms with Crippen LogP contribution in [0, 0.1) is 13.8 Å². The van der Waals surface area contributed by atoms with Crippen molar-refractivity contribution in [1.82, 2.24) is 10.3 Å². The lowest BCUT2D eigenvalue weighted by Crippen LogP contribution is -2.20. The minimum atomic E-state index is 0.264. The maximum absolute atomic E-state index is 5.87. The number of benzene rings is 1. The van der Waals surface area contributed by atoms with E-state index in [9.17, 15) is 0 Å². The molecule has 0 radical (unpaired) electrons. The van der Waals surface area contributed by atoms with Crippen LogP contribution in [0.2, 0.25) is 0 Å². The number of hydrogen-bond donors (Lipinski definition) is 1. The van der Waals surface area contributed by atoms with E-state index in [1.165, 1.54) is 11.1 Å². The molecule has 1 N–H and O–H groups in total. The van der Waals surface area contributed by atoms with Gasteiger partial charge in [-0.05, 0) is 69.1 Å². The van der Waals surface area contributed by atoms with E-state index in [1.807, 2.05) is 24.3 Å². The lowest BCUT2D eigenvalue weighted by atomic mass is 10.1. The predicted molar refractivity (Wildman–Crippen MR) is 86.9 cm³/mol. The van der Waals surface area contributed by atoms with Gasteiger partial charge in [0.25, 0.3) is 0 Å². The van der Waals surface area contributed by atoms with Crippen LogP contribution in [0.4, 0.5) is 0 Å². The molecule has 0 aliphatic rings. The number of nitrogens with one attached hydrogen (secondary N) is 1. The van der Waals surface area contributed by atoms with E-state index in [0.717, 1.165) is 30.2 Å². The van der Waals surface area contributed by atoms with Gasteiger partial charge in [0.15, 0.2) is 0 Å². The highest BCUT2D eigenvalue weighted by Gasteiger charge is 2.06. The van der Waals surface area contributed by atoms with E-state index in [1.54, 1.807) is 6.20 Å². The van der Waals surface area contributed by atoms with E-state index < -0.39 is 0 Å². The van der Waals surface area contributed by atoms with Gasteiger partial charge in [-0.25, -0.2) is 0 Å². The van der Waals surface area contributed by atoms with Crippen LogP contribution >= 0.6 is 0 Å². The van der Waals surface area contributed by atoms with Crippen molar-refractivity contribution in [2.45, 2.75) is 40.2 Å². The van der Waals surface area contributed by atoms with Crippen molar-refractivity contribution >= 4 is 0 Å². The molecule has 1 aromatic heterocycles. The number of hydrogen-bond acceptors (Lipinski definition) is 3. The summed E-state index contributed by atoms with van der Waals surface area (Å²) < 4.78 is 5.87. The Labute approximate surface area is 127 Å². The molecule has 2 rings (SSSR count). The number of aromatic nitrogens is 1. The molecule has 0 saturated heterocycles. The van der Waals surface area contributed by atoms with Crippen molar-refractivity contribution in [2.24, 2.45) is 0 Å². The average Bonchev–Trinajstić information content (AvgIpc) is 2.44. The molecule has 1 unspecified atom stereocenters. The Balaban J connectivity index is 2.05. The summed E-state index contributed by atoms with van der Waals surface area (Å²) in [7, 11) is 0. The van der Waals surface area contributed by atoms with Crippen LogP contribution in [0.25, 0.3) is 0 Å². The maximum atomic E-state index is 5.87. The van der Waals surface area contributed by atoms with E-state index in [0.29, 0.717) is 0 Å². The van der Waals surface area contributed by atoms with Crippen molar-refractivity contribution in [1.29, 1.82) is 0 Å². The second-order valence-electron chi connectivity index (χ2n) is 5.52. The highest BCUT2D eigenvalue weighted by atomic mass is 16.5. The fourth-order valence-electron chi connectivity index (χ4n) is 2.30. The lowest BCUT2D eigenvalue weighted by molar-refractivity contribution is 0.477. The molecule has 0 saturated carbocycles. The topological polar surface area (TPSA) is 34.1 Å². The molecule has 0 aliphatic carbocycles. The molecule has 0 spiro atoms. The summed E-state index contributed by atoms with van der Waals surface area (Å²) in [6.45, 7) is 9.44. The van der Waals surface area contributed by atoms with Gasteiger partial charge in [-0.15, -0.1) is 0 Å². The maximum Gasteiger partial charge on any atom is 0.145 e. The molecule has 112 valence electrons. The predicted octanol–water partition coefficient (Wildman–Crippen LogP) is 4.55. The smallest absolute Gasteiger partial charge is 0.145 e. The molecular weight excluding hydrogens is 260 g/mol. The van der Waals surface area contributed by atoms with Crippen molar-refractivity contribution in [3.63, 3.8) is 0 Å². The second kappa shape index (κ2) is 7.23. The summed E-state index contributed by atoms with van der Waals surface area (Å²) in [5.74, 6) is 1.63. The molecule has 1 heterocycles. The summed E-state index contributed by atoms with van der Waals surface area (Å²) in [5.41, 5.74) is 3.44. The van der Waals surface area contributed by atoms with E-state index in [-0.39, 0.29) is 6.04 Å². The van der Waals surface area contributed by atoms with Gasteiger partial charge in [0.05, 0.1) is 11.9 Å². The first kappa shape index (κ1) is 15.5. The third-order valence-electron chi connectivity index (χ3n) is 3.33. The van der Waals surface area contributed by atoms with Crippen molar-refractivity contribution in [3.05, 3.63) is 53.3 Å². The highest BCUT2D eigenvalue weighted by Crippen LogP contribution is 2.24. The molecular formula is C18H24N2O. The number of pyridine rings is 1. The van der Waals surface area contributed by atoms with E-state index in [2.05, 4.69) is 44.1 Å². The summed E-state index contributed by atoms with van der Waals surface area (Å²) in [6, 6.07) is 10.5. The Morgan fingerprint density at radius 3 is 2.38 bits per heavy atom. The van der Waals surface area contributed by atoms with Crippen LogP contribution in [-0.2, 0) is 0 Å². The number of aryl methyl sites for hydroxylation is 2. The van der Waals surface area contributed by atoms with Crippen molar-refractivity contribution in [2.75, 3.05) is 6.54 Å². The van der Waals surface area contributed by atoms with Crippen LogP contribution in [0.5, 0.6) is 11.5 Å². The normalized spacial score (nSPS) is 12.2. The van der Waals surface area contributed by atoms with Crippen LogP contribution in [0.15, 0.2) is 36.5 Å². The monoisotopic (exact) mass is 284 g/mol. The van der Waals surface area contributed by atoms with Crippen LogP contribution < -0.4 is 10.1 Å². The van der Waals surface area contributed by atoms with Gasteiger partial charge in [0.2, 0.25) is 0 Å². The molecule has 1 atom stereocenters. The Bertz CT molecular complexity index is 558. The first-order valence-corrected chi connectivity index (χ1v) is 7.54. The van der Waals surface area contributed by atoms with Crippen molar-refractivity contribution < 1.29 is 4.74 Å². The molecule has 3 heteroatoms. The Morgan fingerprint density at radius 2 is 1.81 bits per heavy atom. The minimum absolute atomic E-state index is 0.264. The molecule has 0 bridgehead atoms. The first-order valence-electron chi connectivity index (χ1n) is 7.54. The van der Waals surface area contributed by atoms with E-state index in [4.69, 9.17) is 4.74 Å². The Hall–Kier alpha value is -1.87. The minimum Gasteiger partial charge on any atom is -0.456 e. The third kappa shape index (κ3) is 4.57.